The zero-order valence-electron chi connectivity index (χ0n) is 11.3. The van der Waals surface area contributed by atoms with Gasteiger partial charge in [-0.1, -0.05) is 32.1 Å². The molecule has 0 aromatic heterocycles. The fraction of sp³-hybridized carbons (Fsp3) is 0.933. The van der Waals surface area contributed by atoms with E-state index in [4.69, 9.17) is 0 Å². The van der Waals surface area contributed by atoms with Gasteiger partial charge in [-0.15, -0.1) is 0 Å². The van der Waals surface area contributed by atoms with Crippen molar-refractivity contribution >= 4 is 5.91 Å². The second kappa shape index (κ2) is 5.60. The zero-order chi connectivity index (χ0) is 12.4. The Balaban J connectivity index is 1.43. The smallest absolute Gasteiger partial charge is 0.223 e. The molecule has 0 radical (unpaired) electrons. The maximum Gasteiger partial charge on any atom is 0.223 e. The summed E-state index contributed by atoms with van der Waals surface area (Å²) in [5.74, 6) is 2.31. The van der Waals surface area contributed by atoms with Gasteiger partial charge in [0.15, 0.2) is 0 Å². The predicted octanol–water partition coefficient (Wildman–Crippen LogP) is 2.07. The van der Waals surface area contributed by atoms with Gasteiger partial charge in [0.05, 0.1) is 0 Å². The van der Waals surface area contributed by atoms with E-state index in [1.165, 1.54) is 38.5 Å². The van der Waals surface area contributed by atoms with E-state index < -0.39 is 0 Å². The maximum atomic E-state index is 12.2. The molecule has 0 bridgehead atoms. The molecule has 0 aromatic carbocycles. The van der Waals surface area contributed by atoms with Gasteiger partial charge in [0.25, 0.3) is 0 Å². The predicted molar refractivity (Wildman–Crippen MR) is 72.2 cm³/mol. The summed E-state index contributed by atoms with van der Waals surface area (Å²) in [5.41, 5.74) is 0. The lowest BCUT2D eigenvalue weighted by molar-refractivity contribution is -0.123. The van der Waals surface area contributed by atoms with Crippen molar-refractivity contribution in [3.05, 3.63) is 0 Å². The summed E-state index contributed by atoms with van der Waals surface area (Å²) in [5, 5.41) is 6.61. The molecule has 0 aromatic rings. The van der Waals surface area contributed by atoms with Crippen LogP contribution < -0.4 is 10.6 Å². The molecular formula is C15H26N2O. The highest BCUT2D eigenvalue weighted by molar-refractivity contribution is 5.81. The van der Waals surface area contributed by atoms with Crippen LogP contribution in [-0.4, -0.2) is 25.0 Å². The van der Waals surface area contributed by atoms with E-state index in [2.05, 4.69) is 10.6 Å². The number of hydrogen-bond donors (Lipinski definition) is 2. The van der Waals surface area contributed by atoms with Crippen LogP contribution in [0.3, 0.4) is 0 Å². The Bertz CT molecular complexity index is 293. The van der Waals surface area contributed by atoms with Crippen molar-refractivity contribution < 1.29 is 4.79 Å². The molecule has 0 spiro atoms. The van der Waals surface area contributed by atoms with Gasteiger partial charge in [-0.3, -0.25) is 4.79 Å². The van der Waals surface area contributed by atoms with E-state index >= 15 is 0 Å². The van der Waals surface area contributed by atoms with Crippen LogP contribution in [0.4, 0.5) is 0 Å². The van der Waals surface area contributed by atoms with E-state index in [1.807, 2.05) is 0 Å². The molecule has 2 atom stereocenters. The number of carbonyl (C=O) groups is 1. The molecule has 3 rings (SSSR count). The molecule has 3 nitrogen and oxygen atoms in total. The number of hydrogen-bond acceptors (Lipinski definition) is 2. The first kappa shape index (κ1) is 12.5. The summed E-state index contributed by atoms with van der Waals surface area (Å²) in [7, 11) is 0. The molecule has 102 valence electrons. The van der Waals surface area contributed by atoms with Crippen LogP contribution in [0.2, 0.25) is 0 Å². The van der Waals surface area contributed by atoms with Crippen molar-refractivity contribution in [2.45, 2.75) is 57.4 Å². The Morgan fingerprint density at radius 1 is 1.00 bits per heavy atom. The summed E-state index contributed by atoms with van der Waals surface area (Å²) >= 11 is 0. The largest absolute Gasteiger partial charge is 0.353 e. The molecule has 1 saturated heterocycles. The molecule has 1 amide bonds. The van der Waals surface area contributed by atoms with Crippen LogP contribution >= 0.6 is 0 Å². The van der Waals surface area contributed by atoms with Crippen LogP contribution in [0.1, 0.15) is 51.4 Å². The minimum atomic E-state index is 0.359. The molecular weight excluding hydrogens is 224 g/mol. The van der Waals surface area contributed by atoms with Crippen LogP contribution in [-0.2, 0) is 4.79 Å². The second-order valence-electron chi connectivity index (χ2n) is 6.44. The quantitative estimate of drug-likeness (QED) is 0.805. The van der Waals surface area contributed by atoms with Gasteiger partial charge in [0, 0.05) is 12.0 Å². The molecule has 1 heterocycles. The molecule has 3 heteroatoms. The van der Waals surface area contributed by atoms with Crippen molar-refractivity contribution in [1.82, 2.24) is 10.6 Å². The fourth-order valence-electron chi connectivity index (χ4n) is 3.87. The van der Waals surface area contributed by atoms with Gasteiger partial charge in [-0.05, 0) is 44.2 Å². The molecule has 2 aliphatic carbocycles. The average molecular weight is 250 g/mol. The monoisotopic (exact) mass is 250 g/mol. The SMILES string of the molecule is O=C(NC1CCNCC1)C1CC1C1CCCCC1. The molecule has 2 saturated carbocycles. The minimum absolute atomic E-state index is 0.359. The number of nitrogens with one attached hydrogen (secondary N) is 2. The van der Waals surface area contributed by atoms with Crippen molar-refractivity contribution in [3.8, 4) is 0 Å². The normalized spacial score (nSPS) is 34.2. The molecule has 3 aliphatic rings. The van der Waals surface area contributed by atoms with Gasteiger partial charge in [-0.2, -0.15) is 0 Å². The van der Waals surface area contributed by atoms with Crippen LogP contribution in [0.25, 0.3) is 0 Å². The number of amides is 1. The van der Waals surface area contributed by atoms with Gasteiger partial charge < -0.3 is 10.6 Å². The van der Waals surface area contributed by atoms with Crippen molar-refractivity contribution in [2.75, 3.05) is 13.1 Å². The van der Waals surface area contributed by atoms with Crippen LogP contribution in [0.5, 0.6) is 0 Å². The molecule has 1 aliphatic heterocycles. The van der Waals surface area contributed by atoms with Gasteiger partial charge in [-0.25, -0.2) is 0 Å². The Morgan fingerprint density at radius 3 is 2.44 bits per heavy atom. The highest BCUT2D eigenvalue weighted by Crippen LogP contribution is 2.49. The molecule has 2 N–H and O–H groups in total. The average Bonchev–Trinajstić information content (AvgIpc) is 3.21. The van der Waals surface area contributed by atoms with Crippen molar-refractivity contribution in [1.29, 1.82) is 0 Å². The Labute approximate surface area is 110 Å². The molecule has 2 unspecified atom stereocenters. The number of piperidine rings is 1. The van der Waals surface area contributed by atoms with E-state index in [1.54, 1.807) is 0 Å². The standard InChI is InChI=1S/C15H26N2O/c18-15(17-12-6-8-16-9-7-12)14-10-13(14)11-4-2-1-3-5-11/h11-14,16H,1-10H2,(H,17,18). The summed E-state index contributed by atoms with van der Waals surface area (Å²) < 4.78 is 0. The third-order valence-electron chi connectivity index (χ3n) is 5.12. The first-order chi connectivity index (χ1) is 8.84. The third-order valence-corrected chi connectivity index (χ3v) is 5.12. The lowest BCUT2D eigenvalue weighted by Crippen LogP contribution is -2.43. The van der Waals surface area contributed by atoms with Crippen molar-refractivity contribution in [3.63, 3.8) is 0 Å². The van der Waals surface area contributed by atoms with E-state index in [0.29, 0.717) is 17.9 Å². The summed E-state index contributed by atoms with van der Waals surface area (Å²) in [6.07, 6.45) is 10.3. The lowest BCUT2D eigenvalue weighted by atomic mass is 9.85. The number of carbonyl (C=O) groups excluding carboxylic acids is 1. The van der Waals surface area contributed by atoms with Gasteiger partial charge >= 0.3 is 0 Å². The first-order valence-electron chi connectivity index (χ1n) is 7.85. The van der Waals surface area contributed by atoms with Gasteiger partial charge in [0.2, 0.25) is 5.91 Å². The number of rotatable bonds is 3. The second-order valence-corrected chi connectivity index (χ2v) is 6.44. The van der Waals surface area contributed by atoms with Crippen LogP contribution in [0.15, 0.2) is 0 Å². The molecule has 3 fully saturated rings. The zero-order valence-corrected chi connectivity index (χ0v) is 11.3. The lowest BCUT2D eigenvalue weighted by Gasteiger charge is -2.24. The van der Waals surface area contributed by atoms with Crippen molar-refractivity contribution in [2.24, 2.45) is 17.8 Å². The van der Waals surface area contributed by atoms with E-state index in [-0.39, 0.29) is 0 Å². The Morgan fingerprint density at radius 2 is 1.72 bits per heavy atom. The van der Waals surface area contributed by atoms with E-state index in [0.717, 1.165) is 37.8 Å². The Hall–Kier alpha value is -0.570. The molecule has 18 heavy (non-hydrogen) atoms. The minimum Gasteiger partial charge on any atom is -0.353 e. The van der Waals surface area contributed by atoms with Crippen LogP contribution in [0, 0.1) is 17.8 Å². The highest BCUT2D eigenvalue weighted by Gasteiger charge is 2.47. The Kier molecular flexibility index (Phi) is 3.88. The summed E-state index contributed by atoms with van der Waals surface area (Å²) in [4.78, 5) is 12.2. The van der Waals surface area contributed by atoms with Gasteiger partial charge in [0.1, 0.15) is 0 Å². The summed E-state index contributed by atoms with van der Waals surface area (Å²) in [6, 6.07) is 0.436. The topological polar surface area (TPSA) is 41.1 Å². The maximum absolute atomic E-state index is 12.2. The summed E-state index contributed by atoms with van der Waals surface area (Å²) in [6.45, 7) is 2.11. The highest BCUT2D eigenvalue weighted by atomic mass is 16.2. The third kappa shape index (κ3) is 2.87. The fourth-order valence-corrected chi connectivity index (χ4v) is 3.87. The van der Waals surface area contributed by atoms with E-state index in [9.17, 15) is 4.79 Å². The first-order valence-corrected chi connectivity index (χ1v) is 7.85.